The maximum Gasteiger partial charge on any atom is 0.338 e. The Morgan fingerprint density at radius 1 is 0.717 bits per heavy atom. The van der Waals surface area contributed by atoms with E-state index >= 15 is 0 Å². The number of alkyl halides is 3. The van der Waals surface area contributed by atoms with Gasteiger partial charge in [-0.05, 0) is 36.4 Å². The summed E-state index contributed by atoms with van der Waals surface area (Å²) in [6, 6.07) is 23.9. The van der Waals surface area contributed by atoms with Crippen molar-refractivity contribution in [3.05, 3.63) is 108 Å². The van der Waals surface area contributed by atoms with Gasteiger partial charge in [0.05, 0.1) is 36.1 Å². The van der Waals surface area contributed by atoms with Crippen LogP contribution in [0.15, 0.2) is 91.0 Å². The summed E-state index contributed by atoms with van der Waals surface area (Å²) in [5.74, 6) is -5.32. The Bertz CT molecular complexity index is 1520. The van der Waals surface area contributed by atoms with E-state index in [4.69, 9.17) is 68.6 Å². The fraction of sp³-hybridized carbons (Fsp3) is 0.281. The van der Waals surface area contributed by atoms with Gasteiger partial charge in [-0.25, -0.2) is 14.4 Å². The molecule has 1 fully saturated rings. The number of rotatable bonds is 10. The Balaban J connectivity index is 1.75. The summed E-state index contributed by atoms with van der Waals surface area (Å²) in [5, 5.41) is 8.18. The van der Waals surface area contributed by atoms with Crippen LogP contribution in [0, 0.1) is 11.3 Å². The number of halogens is 3. The fourth-order valence-electron chi connectivity index (χ4n) is 4.57. The van der Waals surface area contributed by atoms with E-state index in [9.17, 15) is 19.2 Å². The molecule has 4 rings (SSSR count). The molecule has 46 heavy (non-hydrogen) atoms. The Hall–Kier alpha value is -4.16. The number of carbonyl (C=O) groups is 4. The third kappa shape index (κ3) is 9.20. The highest BCUT2D eigenvalue weighted by Crippen LogP contribution is 2.37. The van der Waals surface area contributed by atoms with E-state index in [1.54, 1.807) is 54.6 Å². The van der Waals surface area contributed by atoms with Gasteiger partial charge in [-0.3, -0.25) is 10.2 Å². The van der Waals surface area contributed by atoms with Crippen molar-refractivity contribution < 1.29 is 47.6 Å². The van der Waals surface area contributed by atoms with E-state index in [0.29, 0.717) is 0 Å². The second kappa shape index (κ2) is 15.9. The number of benzene rings is 3. The maximum absolute atomic E-state index is 13.3. The molecule has 0 saturated carbocycles. The first-order chi connectivity index (χ1) is 22.0. The molecule has 0 aliphatic carbocycles. The molecule has 11 nitrogen and oxygen atoms in total. The lowest BCUT2D eigenvalue weighted by Gasteiger charge is -2.44. The van der Waals surface area contributed by atoms with Gasteiger partial charge in [0.1, 0.15) is 18.8 Å². The van der Waals surface area contributed by atoms with Crippen molar-refractivity contribution in [2.45, 2.75) is 34.8 Å². The highest BCUT2D eigenvalue weighted by molar-refractivity contribution is 6.76. The number of carbonyl (C=O) groups excluding carboxylic acids is 4. The summed E-state index contributed by atoms with van der Waals surface area (Å²) in [5.41, 5.74) is 0.516. The zero-order valence-electron chi connectivity index (χ0n) is 24.2. The molecular formula is C32H28Cl3NO10. The minimum Gasteiger partial charge on any atom is -0.469 e. The minimum atomic E-state index is -2.36. The third-order valence-electron chi connectivity index (χ3n) is 6.80. The zero-order valence-corrected chi connectivity index (χ0v) is 26.4. The molecule has 5 atom stereocenters. The SMILES string of the molecule is COC(=O)CC1C(OC(=O)c2ccccc2)[C@@H](OC(=N)C(Cl)(Cl)Cl)OC(COC(=O)c2ccccc2)[C@@H]1OC(=O)c1ccccc1. The number of esters is 4. The lowest BCUT2D eigenvalue weighted by Crippen LogP contribution is -2.60. The van der Waals surface area contributed by atoms with Gasteiger partial charge in [-0.2, -0.15) is 0 Å². The van der Waals surface area contributed by atoms with Crippen molar-refractivity contribution >= 4 is 64.6 Å². The Morgan fingerprint density at radius 2 is 1.17 bits per heavy atom. The van der Waals surface area contributed by atoms with Gasteiger partial charge in [0.25, 0.3) is 3.79 Å². The Labute approximate surface area is 279 Å². The predicted molar refractivity (Wildman–Crippen MR) is 166 cm³/mol. The molecule has 0 aromatic heterocycles. The molecule has 0 spiro atoms. The molecule has 3 aromatic carbocycles. The second-order valence-corrected chi connectivity index (χ2v) is 12.1. The van der Waals surface area contributed by atoms with Gasteiger partial charge < -0.3 is 28.4 Å². The minimum absolute atomic E-state index is 0.131. The van der Waals surface area contributed by atoms with Crippen LogP contribution in [0.25, 0.3) is 0 Å². The quantitative estimate of drug-likeness (QED) is 0.0941. The van der Waals surface area contributed by atoms with E-state index in [1.165, 1.54) is 36.4 Å². The van der Waals surface area contributed by atoms with Crippen molar-refractivity contribution in [3.63, 3.8) is 0 Å². The molecule has 1 saturated heterocycles. The predicted octanol–water partition coefficient (Wildman–Crippen LogP) is 5.56. The van der Waals surface area contributed by atoms with Gasteiger partial charge >= 0.3 is 23.9 Å². The van der Waals surface area contributed by atoms with Gasteiger partial charge in [-0.15, -0.1) is 0 Å². The van der Waals surface area contributed by atoms with E-state index in [2.05, 4.69) is 0 Å². The van der Waals surface area contributed by atoms with E-state index in [-0.39, 0.29) is 16.7 Å². The molecule has 1 heterocycles. The Kier molecular flexibility index (Phi) is 12.0. The lowest BCUT2D eigenvalue weighted by molar-refractivity contribution is -0.268. The van der Waals surface area contributed by atoms with Crippen LogP contribution in [-0.4, -0.2) is 71.9 Å². The van der Waals surface area contributed by atoms with Crippen molar-refractivity contribution in [1.82, 2.24) is 0 Å². The van der Waals surface area contributed by atoms with Gasteiger partial charge in [0.2, 0.25) is 12.2 Å². The van der Waals surface area contributed by atoms with Gasteiger partial charge in [0.15, 0.2) is 6.10 Å². The summed E-state index contributed by atoms with van der Waals surface area (Å²) in [4.78, 5) is 52.2. The summed E-state index contributed by atoms with van der Waals surface area (Å²) < 4.78 is 31.4. The number of hydrogen-bond donors (Lipinski definition) is 1. The van der Waals surface area contributed by atoms with Crippen LogP contribution in [-0.2, 0) is 33.2 Å². The highest BCUT2D eigenvalue weighted by atomic mass is 35.6. The van der Waals surface area contributed by atoms with Crippen LogP contribution in [0.3, 0.4) is 0 Å². The highest BCUT2D eigenvalue weighted by Gasteiger charge is 2.53. The van der Waals surface area contributed by atoms with Crippen LogP contribution in [0.2, 0.25) is 0 Å². The van der Waals surface area contributed by atoms with Crippen LogP contribution in [0.1, 0.15) is 37.5 Å². The Morgan fingerprint density at radius 3 is 1.63 bits per heavy atom. The average molecular weight is 693 g/mol. The van der Waals surface area contributed by atoms with Crippen molar-refractivity contribution in [2.24, 2.45) is 5.92 Å². The van der Waals surface area contributed by atoms with Crippen molar-refractivity contribution in [2.75, 3.05) is 13.7 Å². The maximum atomic E-state index is 13.3. The topological polar surface area (TPSA) is 148 Å². The molecule has 0 bridgehead atoms. The monoisotopic (exact) mass is 691 g/mol. The van der Waals surface area contributed by atoms with E-state index in [1.807, 2.05) is 0 Å². The van der Waals surface area contributed by atoms with Gasteiger partial charge in [-0.1, -0.05) is 89.4 Å². The molecule has 0 amide bonds. The second-order valence-electron chi connectivity index (χ2n) is 9.87. The van der Waals surface area contributed by atoms with Crippen LogP contribution in [0.4, 0.5) is 0 Å². The average Bonchev–Trinajstić information content (AvgIpc) is 3.06. The van der Waals surface area contributed by atoms with E-state index < -0.39 is 77.1 Å². The molecular weight excluding hydrogens is 665 g/mol. The molecule has 1 aliphatic rings. The largest absolute Gasteiger partial charge is 0.469 e. The standard InChI is InChI=1S/C32H28Cl3NO10/c1-41-24(37)17-22-25(44-28(39)20-13-7-3-8-14-20)23(18-42-27(38)19-11-5-2-6-12-19)43-30(46-31(36)32(33,34)35)26(22)45-29(40)21-15-9-4-10-16-21/h2-16,22-23,25-26,30,36H,17-18H2,1H3/t22?,23?,25-,26?,30-/m1/s1. The summed E-state index contributed by atoms with van der Waals surface area (Å²) in [6.07, 6.45) is -6.49. The number of methoxy groups -OCH3 is 1. The molecule has 3 aromatic rings. The molecule has 242 valence electrons. The molecule has 1 aliphatic heterocycles. The summed E-state index contributed by atoms with van der Waals surface area (Å²) in [6.45, 7) is -0.529. The van der Waals surface area contributed by atoms with Gasteiger partial charge in [0, 0.05) is 0 Å². The van der Waals surface area contributed by atoms with Crippen molar-refractivity contribution in [3.8, 4) is 0 Å². The lowest BCUT2D eigenvalue weighted by atomic mass is 9.85. The first-order valence-corrected chi connectivity index (χ1v) is 14.9. The smallest absolute Gasteiger partial charge is 0.338 e. The molecule has 1 N–H and O–H groups in total. The summed E-state index contributed by atoms with van der Waals surface area (Å²) in [7, 11) is 1.14. The van der Waals surface area contributed by atoms with Crippen LogP contribution < -0.4 is 0 Å². The van der Waals surface area contributed by atoms with Crippen LogP contribution >= 0.6 is 34.8 Å². The molecule has 3 unspecified atom stereocenters. The first-order valence-electron chi connectivity index (χ1n) is 13.8. The first kappa shape index (κ1) is 34.7. The summed E-state index contributed by atoms with van der Waals surface area (Å²) >= 11 is 17.6. The normalized spacial score (nSPS) is 20.9. The number of hydrogen-bond acceptors (Lipinski definition) is 11. The molecule has 14 heteroatoms. The van der Waals surface area contributed by atoms with Crippen LogP contribution in [0.5, 0.6) is 0 Å². The zero-order chi connectivity index (χ0) is 33.3. The van der Waals surface area contributed by atoms with E-state index in [0.717, 1.165) is 7.11 Å². The number of nitrogens with one attached hydrogen (secondary N) is 1. The third-order valence-corrected chi connectivity index (χ3v) is 7.32. The fourth-order valence-corrected chi connectivity index (χ4v) is 4.70. The molecule has 0 radical (unpaired) electrons. The number of ether oxygens (including phenoxy) is 6. The van der Waals surface area contributed by atoms with Crippen molar-refractivity contribution in [1.29, 1.82) is 5.41 Å².